The summed E-state index contributed by atoms with van der Waals surface area (Å²) in [6, 6.07) is 40.6. The number of carbonyl (C=O) groups is 1. The van der Waals surface area contributed by atoms with E-state index in [4.69, 9.17) is 4.74 Å². The molecule has 0 saturated heterocycles. The molecule has 0 fully saturated rings. The number of amides is 1. The number of benzene rings is 4. The van der Waals surface area contributed by atoms with Crippen LogP contribution in [0.2, 0.25) is 0 Å². The molecule has 0 saturated carbocycles. The van der Waals surface area contributed by atoms with E-state index in [1.54, 1.807) is 0 Å². The molecule has 40 heavy (non-hydrogen) atoms. The van der Waals surface area contributed by atoms with Crippen molar-refractivity contribution in [3.63, 3.8) is 0 Å². The van der Waals surface area contributed by atoms with Gasteiger partial charge in [-0.3, -0.25) is 10.1 Å². The van der Waals surface area contributed by atoms with Crippen molar-refractivity contribution in [1.82, 2.24) is 10.6 Å². The number of hydrogen-bond acceptors (Lipinski definition) is 3. The molecule has 4 aromatic rings. The molecule has 2 N–H and O–H groups in total. The minimum Gasteiger partial charge on any atom is -0.364 e. The van der Waals surface area contributed by atoms with Crippen molar-refractivity contribution in [1.29, 1.82) is 0 Å². The van der Waals surface area contributed by atoms with Gasteiger partial charge in [-0.1, -0.05) is 153 Å². The standard InChI is InChI=1S/C36H38N2O2/c1-3-29(2)34(35(39)37-26-16-17-27-40-28-30-18-8-4-9-19-30)38-36(31-20-10-5-11-21-31,32-22-12-6-13-23-32)33-24-14-7-15-25-33/h4-15,18-25,29,34,38H,3,26-28H2,1-2H3,(H,37,39)/t29-,34-/m0/s1. The van der Waals surface area contributed by atoms with E-state index < -0.39 is 11.6 Å². The van der Waals surface area contributed by atoms with Crippen LogP contribution in [0.15, 0.2) is 121 Å². The highest BCUT2D eigenvalue weighted by Gasteiger charge is 2.40. The molecule has 0 aliphatic rings. The second-order valence-corrected chi connectivity index (χ2v) is 9.91. The molecular formula is C36H38N2O2. The van der Waals surface area contributed by atoms with Gasteiger partial charge in [0.25, 0.3) is 0 Å². The van der Waals surface area contributed by atoms with Crippen LogP contribution in [0.5, 0.6) is 0 Å². The first-order valence-electron chi connectivity index (χ1n) is 13.9. The molecule has 4 heteroatoms. The summed E-state index contributed by atoms with van der Waals surface area (Å²) in [5.41, 5.74) is 3.60. The van der Waals surface area contributed by atoms with Crippen molar-refractivity contribution in [3.05, 3.63) is 144 Å². The van der Waals surface area contributed by atoms with Gasteiger partial charge < -0.3 is 10.1 Å². The van der Waals surface area contributed by atoms with Crippen LogP contribution in [0.4, 0.5) is 0 Å². The number of carbonyl (C=O) groups excluding carboxylic acids is 1. The van der Waals surface area contributed by atoms with Gasteiger partial charge in [-0.2, -0.15) is 0 Å². The van der Waals surface area contributed by atoms with Crippen LogP contribution >= 0.6 is 0 Å². The molecule has 0 radical (unpaired) electrons. The summed E-state index contributed by atoms with van der Waals surface area (Å²) in [6.07, 6.45) is 0.846. The Morgan fingerprint density at radius 1 is 0.750 bits per heavy atom. The predicted molar refractivity (Wildman–Crippen MR) is 162 cm³/mol. The van der Waals surface area contributed by atoms with Gasteiger partial charge in [-0.25, -0.2) is 0 Å². The van der Waals surface area contributed by atoms with Crippen LogP contribution < -0.4 is 10.6 Å². The van der Waals surface area contributed by atoms with Gasteiger partial charge in [-0.15, -0.1) is 0 Å². The number of nitrogens with one attached hydrogen (secondary N) is 2. The van der Waals surface area contributed by atoms with Gasteiger partial charge in [0.15, 0.2) is 0 Å². The summed E-state index contributed by atoms with van der Waals surface area (Å²) in [7, 11) is 0. The molecule has 0 aliphatic heterocycles. The van der Waals surface area contributed by atoms with Crippen molar-refractivity contribution in [3.8, 4) is 11.8 Å². The first-order valence-corrected chi connectivity index (χ1v) is 13.9. The predicted octanol–water partition coefficient (Wildman–Crippen LogP) is 6.32. The lowest BCUT2D eigenvalue weighted by atomic mass is 9.75. The molecule has 0 unspecified atom stereocenters. The van der Waals surface area contributed by atoms with E-state index in [2.05, 4.69) is 72.7 Å². The van der Waals surface area contributed by atoms with E-state index in [1.807, 2.05) is 84.9 Å². The normalized spacial score (nSPS) is 12.6. The molecule has 1 amide bonds. The third kappa shape index (κ3) is 7.27. The lowest BCUT2D eigenvalue weighted by molar-refractivity contribution is -0.124. The first kappa shape index (κ1) is 28.8. The van der Waals surface area contributed by atoms with Crippen molar-refractivity contribution in [2.24, 2.45) is 5.92 Å². The van der Waals surface area contributed by atoms with E-state index >= 15 is 0 Å². The van der Waals surface area contributed by atoms with Crippen molar-refractivity contribution >= 4 is 5.91 Å². The van der Waals surface area contributed by atoms with Gasteiger partial charge in [-0.05, 0) is 28.2 Å². The highest BCUT2D eigenvalue weighted by Crippen LogP contribution is 2.38. The smallest absolute Gasteiger partial charge is 0.238 e. The Kier molecular flexibility index (Phi) is 10.7. The minimum atomic E-state index is -0.730. The van der Waals surface area contributed by atoms with E-state index in [-0.39, 0.29) is 18.4 Å². The first-order chi connectivity index (χ1) is 19.6. The molecule has 4 aromatic carbocycles. The zero-order valence-electron chi connectivity index (χ0n) is 23.3. The van der Waals surface area contributed by atoms with Gasteiger partial charge in [0.05, 0.1) is 24.7 Å². The molecule has 0 spiro atoms. The van der Waals surface area contributed by atoms with E-state index in [0.29, 0.717) is 13.2 Å². The summed E-state index contributed by atoms with van der Waals surface area (Å²) >= 11 is 0. The highest BCUT2D eigenvalue weighted by atomic mass is 16.5. The fourth-order valence-corrected chi connectivity index (χ4v) is 4.90. The third-order valence-electron chi connectivity index (χ3n) is 7.25. The second-order valence-electron chi connectivity index (χ2n) is 9.91. The topological polar surface area (TPSA) is 50.4 Å². The molecular weight excluding hydrogens is 492 g/mol. The number of ether oxygens (including phenoxy) is 1. The molecule has 4 nitrogen and oxygen atoms in total. The van der Waals surface area contributed by atoms with E-state index in [9.17, 15) is 4.79 Å². The second kappa shape index (κ2) is 14.8. The van der Waals surface area contributed by atoms with Gasteiger partial charge in [0, 0.05) is 0 Å². The van der Waals surface area contributed by atoms with E-state index in [1.165, 1.54) is 0 Å². The number of hydrogen-bond donors (Lipinski definition) is 2. The summed E-state index contributed by atoms with van der Waals surface area (Å²) in [5.74, 6) is 6.06. The maximum Gasteiger partial charge on any atom is 0.238 e. The molecule has 0 heterocycles. The average molecular weight is 531 g/mol. The zero-order chi connectivity index (χ0) is 28.0. The number of rotatable bonds is 12. The van der Waals surface area contributed by atoms with Crippen LogP contribution in [-0.4, -0.2) is 25.1 Å². The van der Waals surface area contributed by atoms with Gasteiger partial charge in [0.2, 0.25) is 5.91 Å². The molecule has 0 bridgehead atoms. The van der Waals surface area contributed by atoms with Crippen LogP contribution in [0, 0.1) is 17.8 Å². The van der Waals surface area contributed by atoms with Crippen LogP contribution in [0.1, 0.15) is 42.5 Å². The Bertz CT molecular complexity index is 1270. The average Bonchev–Trinajstić information content (AvgIpc) is 3.02. The lowest BCUT2D eigenvalue weighted by Crippen LogP contribution is -2.57. The fourth-order valence-electron chi connectivity index (χ4n) is 4.90. The fraction of sp³-hybridized carbons (Fsp3) is 0.250. The monoisotopic (exact) mass is 530 g/mol. The highest BCUT2D eigenvalue weighted by molar-refractivity contribution is 5.82. The van der Waals surface area contributed by atoms with Crippen molar-refractivity contribution in [2.45, 2.75) is 38.5 Å². The third-order valence-corrected chi connectivity index (χ3v) is 7.25. The van der Waals surface area contributed by atoms with E-state index in [0.717, 1.165) is 28.7 Å². The Hall–Kier alpha value is -4.17. The summed E-state index contributed by atoms with van der Waals surface area (Å²) in [5, 5.41) is 6.91. The van der Waals surface area contributed by atoms with Gasteiger partial charge >= 0.3 is 0 Å². The van der Waals surface area contributed by atoms with Crippen LogP contribution in [0.3, 0.4) is 0 Å². The largest absolute Gasteiger partial charge is 0.364 e. The van der Waals surface area contributed by atoms with Crippen LogP contribution in [0.25, 0.3) is 0 Å². The van der Waals surface area contributed by atoms with Crippen LogP contribution in [-0.2, 0) is 21.7 Å². The Morgan fingerprint density at radius 2 is 1.23 bits per heavy atom. The van der Waals surface area contributed by atoms with Gasteiger partial charge in [0.1, 0.15) is 6.61 Å². The molecule has 0 aromatic heterocycles. The summed E-state index contributed by atoms with van der Waals surface area (Å²) < 4.78 is 5.64. The Balaban J connectivity index is 1.56. The molecule has 4 rings (SSSR count). The summed E-state index contributed by atoms with van der Waals surface area (Å²) in [4.78, 5) is 13.7. The maximum atomic E-state index is 13.7. The quantitative estimate of drug-likeness (QED) is 0.128. The lowest BCUT2D eigenvalue weighted by Gasteiger charge is -2.41. The summed E-state index contributed by atoms with van der Waals surface area (Å²) in [6.45, 7) is 5.33. The zero-order valence-corrected chi connectivity index (χ0v) is 23.3. The SMILES string of the molecule is CC[C@H](C)[C@H](NC(c1ccccc1)(c1ccccc1)c1ccccc1)C(=O)NCC#CCOCc1ccccc1. The maximum absolute atomic E-state index is 13.7. The van der Waals surface area contributed by atoms with Crippen molar-refractivity contribution in [2.75, 3.05) is 13.2 Å². The molecule has 2 atom stereocenters. The van der Waals surface area contributed by atoms with Crippen molar-refractivity contribution < 1.29 is 9.53 Å². The molecule has 0 aliphatic carbocycles. The minimum absolute atomic E-state index is 0.0685. The Labute approximate surface area is 238 Å². The Morgan fingerprint density at radius 3 is 1.70 bits per heavy atom. The molecule has 204 valence electrons.